The maximum absolute atomic E-state index is 5.82. The van der Waals surface area contributed by atoms with Crippen molar-refractivity contribution in [2.45, 2.75) is 26.3 Å². The van der Waals surface area contributed by atoms with Gasteiger partial charge in [0.15, 0.2) is 0 Å². The summed E-state index contributed by atoms with van der Waals surface area (Å²) in [6.07, 6.45) is 4.57. The van der Waals surface area contributed by atoms with Crippen LogP contribution in [0, 0.1) is 6.92 Å². The third-order valence-electron chi connectivity index (χ3n) is 2.82. The minimum Gasteiger partial charge on any atom is -0.461 e. The normalized spacial score (nSPS) is 12.6. The van der Waals surface area contributed by atoms with Crippen molar-refractivity contribution in [1.82, 2.24) is 10.3 Å². The molecule has 0 aromatic carbocycles. The molecule has 0 spiro atoms. The molecule has 2 heterocycles. The maximum Gasteiger partial charge on any atom is 0.135 e. The monoisotopic (exact) mass is 230 g/mol. The Morgan fingerprint density at radius 2 is 2.18 bits per heavy atom. The van der Waals surface area contributed by atoms with Gasteiger partial charge in [-0.3, -0.25) is 4.98 Å². The summed E-state index contributed by atoms with van der Waals surface area (Å²) in [5.41, 5.74) is 2.18. The van der Waals surface area contributed by atoms with Crippen LogP contribution in [0.1, 0.15) is 18.2 Å². The summed E-state index contributed by atoms with van der Waals surface area (Å²) in [4.78, 5) is 4.17. The van der Waals surface area contributed by atoms with Gasteiger partial charge in [-0.2, -0.15) is 0 Å². The Labute approximate surface area is 102 Å². The fourth-order valence-electron chi connectivity index (χ4n) is 1.74. The molecule has 2 aromatic heterocycles. The number of nitrogens with zero attached hydrogens (tertiary/aromatic N) is 1. The molecule has 0 aliphatic heterocycles. The van der Waals surface area contributed by atoms with E-state index in [0.29, 0.717) is 6.04 Å². The van der Waals surface area contributed by atoms with Gasteiger partial charge < -0.3 is 9.73 Å². The fourth-order valence-corrected chi connectivity index (χ4v) is 1.74. The highest BCUT2D eigenvalue weighted by atomic mass is 16.3. The van der Waals surface area contributed by atoms with E-state index in [2.05, 4.69) is 23.3 Å². The van der Waals surface area contributed by atoms with Crippen molar-refractivity contribution in [3.05, 3.63) is 41.9 Å². The van der Waals surface area contributed by atoms with E-state index in [4.69, 9.17) is 4.42 Å². The number of rotatable bonds is 4. The van der Waals surface area contributed by atoms with Crippen LogP contribution in [0.15, 0.2) is 35.0 Å². The molecular formula is C14H18N2O. The van der Waals surface area contributed by atoms with Crippen LogP contribution in [0.3, 0.4) is 0 Å². The fraction of sp³-hybridized carbons (Fsp3) is 0.357. The summed E-state index contributed by atoms with van der Waals surface area (Å²) in [6.45, 7) is 4.17. The first-order valence-corrected chi connectivity index (χ1v) is 5.87. The van der Waals surface area contributed by atoms with Crippen LogP contribution in [-0.4, -0.2) is 18.1 Å². The molecule has 1 unspecified atom stereocenters. The summed E-state index contributed by atoms with van der Waals surface area (Å²) in [5.74, 6) is 1.89. The highest BCUT2D eigenvalue weighted by Gasteiger charge is 2.07. The molecule has 3 nitrogen and oxygen atoms in total. The molecule has 1 N–H and O–H groups in total. The molecule has 0 saturated carbocycles. The predicted molar refractivity (Wildman–Crippen MR) is 68.9 cm³/mol. The highest BCUT2D eigenvalue weighted by Crippen LogP contribution is 2.22. The Hall–Kier alpha value is -1.61. The zero-order valence-corrected chi connectivity index (χ0v) is 10.5. The van der Waals surface area contributed by atoms with Crippen LogP contribution in [-0.2, 0) is 6.42 Å². The van der Waals surface area contributed by atoms with Gasteiger partial charge in [0, 0.05) is 30.4 Å². The van der Waals surface area contributed by atoms with Gasteiger partial charge in [-0.05, 0) is 44.7 Å². The van der Waals surface area contributed by atoms with Crippen molar-refractivity contribution < 1.29 is 4.42 Å². The molecular weight excluding hydrogens is 212 g/mol. The van der Waals surface area contributed by atoms with Gasteiger partial charge in [0.05, 0.1) is 0 Å². The number of hydrogen-bond acceptors (Lipinski definition) is 3. The minimum absolute atomic E-state index is 0.421. The lowest BCUT2D eigenvalue weighted by Gasteiger charge is -2.06. The zero-order valence-electron chi connectivity index (χ0n) is 10.5. The summed E-state index contributed by atoms with van der Waals surface area (Å²) in [6, 6.07) is 6.54. The molecule has 0 amide bonds. The molecule has 2 aromatic rings. The Balaban J connectivity index is 2.18. The average Bonchev–Trinajstić information content (AvgIpc) is 2.77. The quantitative estimate of drug-likeness (QED) is 0.877. The summed E-state index contributed by atoms with van der Waals surface area (Å²) >= 11 is 0. The Morgan fingerprint density at radius 1 is 1.35 bits per heavy atom. The van der Waals surface area contributed by atoms with Crippen LogP contribution in [0.4, 0.5) is 0 Å². The van der Waals surface area contributed by atoms with Crippen molar-refractivity contribution in [2.24, 2.45) is 0 Å². The number of hydrogen-bond donors (Lipinski definition) is 1. The first kappa shape index (κ1) is 11.9. The summed E-state index contributed by atoms with van der Waals surface area (Å²) in [5, 5.41) is 3.20. The van der Waals surface area contributed by atoms with E-state index in [9.17, 15) is 0 Å². The Kier molecular flexibility index (Phi) is 3.59. The van der Waals surface area contributed by atoms with Crippen LogP contribution in [0.2, 0.25) is 0 Å². The van der Waals surface area contributed by atoms with E-state index in [-0.39, 0.29) is 0 Å². The first-order chi connectivity index (χ1) is 8.19. The van der Waals surface area contributed by atoms with Gasteiger partial charge in [-0.15, -0.1) is 0 Å². The van der Waals surface area contributed by atoms with Crippen molar-refractivity contribution in [2.75, 3.05) is 7.05 Å². The van der Waals surface area contributed by atoms with E-state index in [1.165, 1.54) is 0 Å². The van der Waals surface area contributed by atoms with Gasteiger partial charge in [0.2, 0.25) is 0 Å². The lowest BCUT2D eigenvalue weighted by atomic mass is 10.2. The molecule has 0 radical (unpaired) electrons. The highest BCUT2D eigenvalue weighted by molar-refractivity contribution is 5.56. The molecule has 17 heavy (non-hydrogen) atoms. The number of nitrogens with one attached hydrogen (secondary N) is 1. The smallest absolute Gasteiger partial charge is 0.135 e. The number of aromatic nitrogens is 1. The molecule has 3 heteroatoms. The van der Waals surface area contributed by atoms with Gasteiger partial charge in [-0.1, -0.05) is 0 Å². The Morgan fingerprint density at radius 3 is 2.88 bits per heavy atom. The molecule has 0 fully saturated rings. The third-order valence-corrected chi connectivity index (χ3v) is 2.82. The molecule has 0 saturated heterocycles. The van der Waals surface area contributed by atoms with Crippen molar-refractivity contribution in [1.29, 1.82) is 0 Å². The van der Waals surface area contributed by atoms with Gasteiger partial charge >= 0.3 is 0 Å². The van der Waals surface area contributed by atoms with Crippen LogP contribution in [0.25, 0.3) is 11.3 Å². The van der Waals surface area contributed by atoms with Gasteiger partial charge in [0.1, 0.15) is 11.5 Å². The molecule has 0 aliphatic rings. The van der Waals surface area contributed by atoms with E-state index in [1.807, 2.05) is 38.5 Å². The molecule has 90 valence electrons. The van der Waals surface area contributed by atoms with E-state index in [0.717, 1.165) is 29.1 Å². The van der Waals surface area contributed by atoms with E-state index < -0.39 is 0 Å². The van der Waals surface area contributed by atoms with Crippen LogP contribution < -0.4 is 5.32 Å². The first-order valence-electron chi connectivity index (χ1n) is 5.87. The van der Waals surface area contributed by atoms with Crippen molar-refractivity contribution in [3.8, 4) is 11.3 Å². The second kappa shape index (κ2) is 5.15. The largest absolute Gasteiger partial charge is 0.461 e. The average molecular weight is 230 g/mol. The molecule has 1 atom stereocenters. The summed E-state index contributed by atoms with van der Waals surface area (Å²) in [7, 11) is 1.96. The SMILES string of the molecule is CNC(C)Cc1ccc(-c2cncc(C)c2)o1. The van der Waals surface area contributed by atoms with Crippen molar-refractivity contribution in [3.63, 3.8) is 0 Å². The minimum atomic E-state index is 0.421. The number of furan rings is 1. The van der Waals surface area contributed by atoms with E-state index in [1.54, 1.807) is 0 Å². The maximum atomic E-state index is 5.82. The number of pyridine rings is 1. The van der Waals surface area contributed by atoms with Gasteiger partial charge in [-0.25, -0.2) is 0 Å². The topological polar surface area (TPSA) is 38.1 Å². The lowest BCUT2D eigenvalue weighted by molar-refractivity contribution is 0.481. The predicted octanol–water partition coefficient (Wildman–Crippen LogP) is 2.80. The van der Waals surface area contributed by atoms with E-state index >= 15 is 0 Å². The second-order valence-corrected chi connectivity index (χ2v) is 4.41. The summed E-state index contributed by atoms with van der Waals surface area (Å²) < 4.78 is 5.82. The lowest BCUT2D eigenvalue weighted by Crippen LogP contribution is -2.23. The van der Waals surface area contributed by atoms with Gasteiger partial charge in [0.25, 0.3) is 0 Å². The standard InChI is InChI=1S/C14H18N2O/c1-10-6-12(9-16-8-10)14-5-4-13(17-14)7-11(2)15-3/h4-6,8-9,11,15H,7H2,1-3H3. The molecule has 2 rings (SSSR count). The number of likely N-dealkylation sites (N-methyl/N-ethyl adjacent to an activating group) is 1. The van der Waals surface area contributed by atoms with Crippen LogP contribution in [0.5, 0.6) is 0 Å². The molecule has 0 bridgehead atoms. The molecule has 0 aliphatic carbocycles. The number of aryl methyl sites for hydroxylation is 1. The zero-order chi connectivity index (χ0) is 12.3. The van der Waals surface area contributed by atoms with Crippen LogP contribution >= 0.6 is 0 Å². The third kappa shape index (κ3) is 2.94. The second-order valence-electron chi connectivity index (χ2n) is 4.41. The van der Waals surface area contributed by atoms with Crippen molar-refractivity contribution >= 4 is 0 Å². The Bertz CT molecular complexity index is 490.